The number of nitrogens with zero attached hydrogens (tertiary/aromatic N) is 1. The predicted molar refractivity (Wildman–Crippen MR) is 92.6 cm³/mol. The summed E-state index contributed by atoms with van der Waals surface area (Å²) in [5, 5.41) is 2.87. The molecule has 0 radical (unpaired) electrons. The first-order valence-electron chi connectivity index (χ1n) is 8.14. The lowest BCUT2D eigenvalue weighted by Crippen LogP contribution is -2.39. The second kappa shape index (κ2) is 6.17. The average Bonchev–Trinajstić information content (AvgIpc) is 2.61. The van der Waals surface area contributed by atoms with Crippen LogP contribution in [0.3, 0.4) is 0 Å². The molecule has 0 aromatic heterocycles. The lowest BCUT2D eigenvalue weighted by Gasteiger charge is -2.35. The van der Waals surface area contributed by atoms with Gasteiger partial charge in [0.15, 0.2) is 6.61 Å². The van der Waals surface area contributed by atoms with E-state index >= 15 is 0 Å². The van der Waals surface area contributed by atoms with E-state index in [1.807, 2.05) is 12.1 Å². The third kappa shape index (κ3) is 2.83. The highest BCUT2D eigenvalue weighted by molar-refractivity contribution is 5.95. The van der Waals surface area contributed by atoms with Gasteiger partial charge < -0.3 is 19.7 Å². The Morgan fingerprint density at radius 1 is 1.29 bits per heavy atom. The van der Waals surface area contributed by atoms with Crippen molar-refractivity contribution in [1.82, 2.24) is 0 Å². The smallest absolute Gasteiger partial charge is 0.262 e. The van der Waals surface area contributed by atoms with Gasteiger partial charge in [-0.2, -0.15) is 0 Å². The molecule has 0 aliphatic carbocycles. The van der Waals surface area contributed by atoms with Crippen LogP contribution in [0.5, 0.6) is 5.75 Å². The van der Waals surface area contributed by atoms with E-state index in [2.05, 4.69) is 40.5 Å². The number of amides is 1. The summed E-state index contributed by atoms with van der Waals surface area (Å²) in [6.45, 7) is 1.70. The van der Waals surface area contributed by atoms with Crippen molar-refractivity contribution < 1.29 is 14.3 Å². The minimum absolute atomic E-state index is 0.0847. The number of anilines is 2. The van der Waals surface area contributed by atoms with Gasteiger partial charge in [-0.1, -0.05) is 24.3 Å². The molecule has 1 N–H and O–H groups in total. The van der Waals surface area contributed by atoms with Crippen LogP contribution >= 0.6 is 0 Å². The summed E-state index contributed by atoms with van der Waals surface area (Å²) < 4.78 is 11.0. The van der Waals surface area contributed by atoms with Gasteiger partial charge in [0.2, 0.25) is 0 Å². The maximum Gasteiger partial charge on any atom is 0.262 e. The topological polar surface area (TPSA) is 50.8 Å². The SMILES string of the molecule is CO[C@@H]1Cc2ccccc2N(Cc2ccc3c(c2)NC(=O)CO3)C1. The van der Waals surface area contributed by atoms with E-state index in [0.29, 0.717) is 0 Å². The zero-order chi connectivity index (χ0) is 16.5. The zero-order valence-corrected chi connectivity index (χ0v) is 13.6. The van der Waals surface area contributed by atoms with E-state index in [1.165, 1.54) is 11.3 Å². The lowest BCUT2D eigenvalue weighted by molar-refractivity contribution is -0.118. The Kier molecular flexibility index (Phi) is 3.86. The molecule has 0 fully saturated rings. The Hall–Kier alpha value is -2.53. The Labute approximate surface area is 141 Å². The van der Waals surface area contributed by atoms with Crippen LogP contribution in [0.25, 0.3) is 0 Å². The number of para-hydroxylation sites is 1. The summed E-state index contributed by atoms with van der Waals surface area (Å²) in [5.74, 6) is 0.620. The molecule has 2 aromatic carbocycles. The van der Waals surface area contributed by atoms with Crippen molar-refractivity contribution in [3.05, 3.63) is 53.6 Å². The number of benzene rings is 2. The van der Waals surface area contributed by atoms with E-state index in [0.717, 1.165) is 36.5 Å². The fraction of sp³-hybridized carbons (Fsp3) is 0.316. The zero-order valence-electron chi connectivity index (χ0n) is 13.6. The highest BCUT2D eigenvalue weighted by Crippen LogP contribution is 2.32. The molecule has 124 valence electrons. The van der Waals surface area contributed by atoms with Crippen LogP contribution in [0.1, 0.15) is 11.1 Å². The number of methoxy groups -OCH3 is 1. The molecule has 1 amide bonds. The van der Waals surface area contributed by atoms with Gasteiger partial charge in [0, 0.05) is 32.3 Å². The van der Waals surface area contributed by atoms with Crippen molar-refractivity contribution in [3.63, 3.8) is 0 Å². The third-order valence-corrected chi connectivity index (χ3v) is 4.59. The number of nitrogens with one attached hydrogen (secondary N) is 1. The van der Waals surface area contributed by atoms with Gasteiger partial charge in [-0.3, -0.25) is 4.79 Å². The molecule has 2 aliphatic rings. The highest BCUT2D eigenvalue weighted by atomic mass is 16.5. The van der Waals surface area contributed by atoms with Crippen molar-refractivity contribution in [3.8, 4) is 5.75 Å². The molecule has 2 aliphatic heterocycles. The van der Waals surface area contributed by atoms with Gasteiger partial charge in [-0.15, -0.1) is 0 Å². The van der Waals surface area contributed by atoms with E-state index in [4.69, 9.17) is 9.47 Å². The minimum Gasteiger partial charge on any atom is -0.482 e. The van der Waals surface area contributed by atoms with Gasteiger partial charge >= 0.3 is 0 Å². The van der Waals surface area contributed by atoms with Gasteiger partial charge in [0.05, 0.1) is 11.8 Å². The Balaban J connectivity index is 1.61. The molecule has 24 heavy (non-hydrogen) atoms. The monoisotopic (exact) mass is 324 g/mol. The van der Waals surface area contributed by atoms with Crippen LogP contribution in [-0.4, -0.2) is 32.3 Å². The molecule has 0 spiro atoms. The molecular formula is C19H20N2O3. The summed E-state index contributed by atoms with van der Waals surface area (Å²) in [6.07, 6.45) is 1.14. The first-order chi connectivity index (χ1) is 11.7. The number of rotatable bonds is 3. The fourth-order valence-electron chi connectivity index (χ4n) is 3.40. The summed E-state index contributed by atoms with van der Waals surface area (Å²) in [4.78, 5) is 13.8. The summed E-state index contributed by atoms with van der Waals surface area (Å²) in [6, 6.07) is 14.4. The van der Waals surface area contributed by atoms with Gasteiger partial charge in [-0.05, 0) is 29.3 Å². The number of hydrogen-bond donors (Lipinski definition) is 1. The highest BCUT2D eigenvalue weighted by Gasteiger charge is 2.24. The van der Waals surface area contributed by atoms with Crippen molar-refractivity contribution in [2.45, 2.75) is 19.1 Å². The van der Waals surface area contributed by atoms with E-state index in [1.54, 1.807) is 7.11 Å². The van der Waals surface area contributed by atoms with Crippen LogP contribution in [-0.2, 0) is 22.5 Å². The average molecular weight is 324 g/mol. The summed E-state index contributed by atoms with van der Waals surface area (Å²) in [7, 11) is 1.77. The first kappa shape index (κ1) is 15.0. The minimum atomic E-state index is -0.109. The maximum atomic E-state index is 11.5. The van der Waals surface area contributed by atoms with Crippen molar-refractivity contribution in [2.24, 2.45) is 0 Å². The number of ether oxygens (including phenoxy) is 2. The normalized spacial score (nSPS) is 19.1. The van der Waals surface area contributed by atoms with Crippen LogP contribution in [0.4, 0.5) is 11.4 Å². The Morgan fingerprint density at radius 3 is 3.04 bits per heavy atom. The van der Waals surface area contributed by atoms with Gasteiger partial charge in [0.1, 0.15) is 5.75 Å². The number of fused-ring (bicyclic) bond motifs is 2. The van der Waals surface area contributed by atoms with E-state index in [-0.39, 0.29) is 18.6 Å². The summed E-state index contributed by atoms with van der Waals surface area (Å²) in [5.41, 5.74) is 4.44. The molecule has 5 nitrogen and oxygen atoms in total. The number of carbonyl (C=O) groups is 1. The van der Waals surface area contributed by atoms with Crippen LogP contribution < -0.4 is 15.0 Å². The Bertz CT molecular complexity index is 775. The lowest BCUT2D eigenvalue weighted by atomic mass is 9.99. The number of carbonyl (C=O) groups excluding carboxylic acids is 1. The van der Waals surface area contributed by atoms with Crippen molar-refractivity contribution in [1.29, 1.82) is 0 Å². The first-order valence-corrected chi connectivity index (χ1v) is 8.14. The third-order valence-electron chi connectivity index (χ3n) is 4.59. The van der Waals surface area contributed by atoms with Crippen LogP contribution in [0, 0.1) is 0 Å². The summed E-state index contributed by atoms with van der Waals surface area (Å²) >= 11 is 0. The van der Waals surface area contributed by atoms with Crippen LogP contribution in [0.2, 0.25) is 0 Å². The van der Waals surface area contributed by atoms with Crippen LogP contribution in [0.15, 0.2) is 42.5 Å². The predicted octanol–water partition coefficient (Wildman–Crippen LogP) is 2.60. The molecule has 0 bridgehead atoms. The molecule has 4 rings (SSSR count). The van der Waals surface area contributed by atoms with E-state index < -0.39 is 0 Å². The van der Waals surface area contributed by atoms with E-state index in [9.17, 15) is 4.79 Å². The molecule has 2 aromatic rings. The molecule has 0 unspecified atom stereocenters. The standard InChI is InChI=1S/C19H20N2O3/c1-23-15-9-14-4-2-3-5-17(14)21(11-15)10-13-6-7-18-16(8-13)20-19(22)12-24-18/h2-8,15H,9-12H2,1H3,(H,20,22)/t15-/m1/s1. The quantitative estimate of drug-likeness (QED) is 0.943. The largest absolute Gasteiger partial charge is 0.482 e. The Morgan fingerprint density at radius 2 is 2.17 bits per heavy atom. The fourth-order valence-corrected chi connectivity index (χ4v) is 3.40. The second-order valence-electron chi connectivity index (χ2n) is 6.24. The second-order valence-corrected chi connectivity index (χ2v) is 6.24. The van der Waals surface area contributed by atoms with Crippen molar-refractivity contribution in [2.75, 3.05) is 30.5 Å². The molecule has 5 heteroatoms. The van der Waals surface area contributed by atoms with Gasteiger partial charge in [0.25, 0.3) is 5.91 Å². The number of hydrogen-bond acceptors (Lipinski definition) is 4. The van der Waals surface area contributed by atoms with Gasteiger partial charge in [-0.25, -0.2) is 0 Å². The molecular weight excluding hydrogens is 304 g/mol. The molecule has 0 saturated heterocycles. The van der Waals surface area contributed by atoms with Crippen molar-refractivity contribution >= 4 is 17.3 Å². The molecule has 0 saturated carbocycles. The molecule has 2 heterocycles. The molecule has 1 atom stereocenters. The maximum absolute atomic E-state index is 11.5.